The second-order valence-electron chi connectivity index (χ2n) is 5.10. The zero-order valence-corrected chi connectivity index (χ0v) is 15.4. The van der Waals surface area contributed by atoms with Gasteiger partial charge in [-0.15, -0.1) is 0 Å². The average Bonchev–Trinajstić information content (AvgIpc) is 2.61. The summed E-state index contributed by atoms with van der Waals surface area (Å²) in [6, 6.07) is 2.39. The zero-order valence-electron chi connectivity index (χ0n) is 15.4. The van der Waals surface area contributed by atoms with Crippen LogP contribution in [0.25, 0.3) is 0 Å². The molecule has 142 valence electrons. The van der Waals surface area contributed by atoms with Crippen LogP contribution in [0, 0.1) is 0 Å². The first-order chi connectivity index (χ1) is 12.4. The van der Waals surface area contributed by atoms with Crippen molar-refractivity contribution in [3.8, 4) is 0 Å². The Morgan fingerprint density at radius 2 is 1.04 bits per heavy atom. The van der Waals surface area contributed by atoms with Gasteiger partial charge in [-0.1, -0.05) is 0 Å². The van der Waals surface area contributed by atoms with Crippen molar-refractivity contribution in [3.63, 3.8) is 0 Å². The Balaban J connectivity index is 3.63. The highest BCUT2D eigenvalue weighted by atomic mass is 16.5. The van der Waals surface area contributed by atoms with Crippen molar-refractivity contribution in [2.24, 2.45) is 0 Å². The normalized spacial score (nSPS) is 10.0. The Bertz CT molecular complexity index is 585. The van der Waals surface area contributed by atoms with Gasteiger partial charge < -0.3 is 20.1 Å². The Kier molecular flexibility index (Phi) is 8.27. The summed E-state index contributed by atoms with van der Waals surface area (Å²) in [6.45, 7) is 7.55. The molecule has 0 radical (unpaired) electrons. The molecule has 0 bridgehead atoms. The van der Waals surface area contributed by atoms with Crippen LogP contribution in [0.4, 0.5) is 0 Å². The van der Waals surface area contributed by atoms with Crippen LogP contribution in [0.15, 0.2) is 12.1 Å². The molecule has 0 aliphatic rings. The molecule has 1 rings (SSSR count). The Labute approximate surface area is 152 Å². The minimum atomic E-state index is -0.774. The lowest BCUT2D eigenvalue weighted by molar-refractivity contribution is 0.0478. The molecular weight excluding hydrogens is 340 g/mol. The SMILES string of the molecule is CCNC(=O)c1cc(C(=O)OCC)c(C(=O)OCC)cc1C(=O)NCC. The first-order valence-electron chi connectivity index (χ1n) is 8.49. The monoisotopic (exact) mass is 364 g/mol. The quantitative estimate of drug-likeness (QED) is 0.677. The highest BCUT2D eigenvalue weighted by Crippen LogP contribution is 2.20. The van der Waals surface area contributed by atoms with E-state index in [0.717, 1.165) is 0 Å². The number of ether oxygens (including phenoxy) is 2. The summed E-state index contributed by atoms with van der Waals surface area (Å²) >= 11 is 0. The van der Waals surface area contributed by atoms with Crippen LogP contribution >= 0.6 is 0 Å². The lowest BCUT2D eigenvalue weighted by Gasteiger charge is -2.14. The molecule has 2 N–H and O–H groups in total. The molecule has 0 unspecified atom stereocenters. The van der Waals surface area contributed by atoms with E-state index in [1.54, 1.807) is 27.7 Å². The molecule has 0 atom stereocenters. The van der Waals surface area contributed by atoms with Gasteiger partial charge >= 0.3 is 11.9 Å². The summed E-state index contributed by atoms with van der Waals surface area (Å²) in [5, 5.41) is 5.17. The fourth-order valence-electron chi connectivity index (χ4n) is 2.24. The van der Waals surface area contributed by atoms with E-state index in [1.807, 2.05) is 0 Å². The molecule has 1 aromatic rings. The summed E-state index contributed by atoms with van der Waals surface area (Å²) in [6.07, 6.45) is 0. The van der Waals surface area contributed by atoms with E-state index in [-0.39, 0.29) is 35.5 Å². The van der Waals surface area contributed by atoms with Crippen molar-refractivity contribution in [1.82, 2.24) is 10.6 Å². The number of hydrogen-bond acceptors (Lipinski definition) is 6. The Morgan fingerprint density at radius 3 is 1.31 bits per heavy atom. The molecule has 26 heavy (non-hydrogen) atoms. The van der Waals surface area contributed by atoms with Gasteiger partial charge in [0.15, 0.2) is 0 Å². The van der Waals surface area contributed by atoms with Crippen LogP contribution in [-0.4, -0.2) is 50.1 Å². The van der Waals surface area contributed by atoms with Crippen LogP contribution in [0.5, 0.6) is 0 Å². The van der Waals surface area contributed by atoms with Crippen molar-refractivity contribution < 1.29 is 28.7 Å². The molecule has 0 saturated carbocycles. The second kappa shape index (κ2) is 10.2. The number of esters is 2. The van der Waals surface area contributed by atoms with Crippen molar-refractivity contribution in [1.29, 1.82) is 0 Å². The molecule has 0 aliphatic heterocycles. The number of benzene rings is 1. The summed E-state index contributed by atoms with van der Waals surface area (Å²) < 4.78 is 9.92. The van der Waals surface area contributed by atoms with E-state index in [9.17, 15) is 19.2 Å². The van der Waals surface area contributed by atoms with Crippen molar-refractivity contribution in [2.75, 3.05) is 26.3 Å². The third kappa shape index (κ3) is 5.05. The lowest BCUT2D eigenvalue weighted by Crippen LogP contribution is -2.30. The van der Waals surface area contributed by atoms with Crippen LogP contribution in [-0.2, 0) is 9.47 Å². The molecule has 0 saturated heterocycles. The van der Waals surface area contributed by atoms with Crippen molar-refractivity contribution >= 4 is 23.8 Å². The topological polar surface area (TPSA) is 111 Å². The molecule has 0 aromatic heterocycles. The molecular formula is C18H24N2O6. The van der Waals surface area contributed by atoms with Gasteiger partial charge in [0.05, 0.1) is 35.5 Å². The Hall–Kier alpha value is -2.90. The third-order valence-corrected chi connectivity index (χ3v) is 3.31. The maximum absolute atomic E-state index is 12.4. The van der Waals surface area contributed by atoms with Gasteiger partial charge in [-0.2, -0.15) is 0 Å². The summed E-state index contributed by atoms with van der Waals surface area (Å²) in [4.78, 5) is 49.2. The molecule has 0 spiro atoms. The smallest absolute Gasteiger partial charge is 0.339 e. The first-order valence-corrected chi connectivity index (χ1v) is 8.49. The maximum atomic E-state index is 12.4. The van der Waals surface area contributed by atoms with Gasteiger partial charge in [-0.25, -0.2) is 9.59 Å². The van der Waals surface area contributed by atoms with Crippen LogP contribution in [0.3, 0.4) is 0 Å². The minimum Gasteiger partial charge on any atom is -0.462 e. The van der Waals surface area contributed by atoms with E-state index in [4.69, 9.17) is 9.47 Å². The van der Waals surface area contributed by atoms with Gasteiger partial charge in [-0.05, 0) is 39.8 Å². The Morgan fingerprint density at radius 1 is 0.692 bits per heavy atom. The van der Waals surface area contributed by atoms with E-state index in [2.05, 4.69) is 10.6 Å². The summed E-state index contributed by atoms with van der Waals surface area (Å²) in [5.74, 6) is -2.61. The largest absolute Gasteiger partial charge is 0.462 e. The number of carbonyl (C=O) groups is 4. The number of amides is 2. The van der Waals surface area contributed by atoms with Crippen molar-refractivity contribution in [2.45, 2.75) is 27.7 Å². The van der Waals surface area contributed by atoms with Gasteiger partial charge in [-0.3, -0.25) is 9.59 Å². The molecule has 0 heterocycles. The zero-order chi connectivity index (χ0) is 19.7. The van der Waals surface area contributed by atoms with Gasteiger partial charge in [0.25, 0.3) is 11.8 Å². The summed E-state index contributed by atoms with van der Waals surface area (Å²) in [7, 11) is 0. The van der Waals surface area contributed by atoms with Crippen LogP contribution in [0.1, 0.15) is 69.1 Å². The number of carbonyl (C=O) groups excluding carboxylic acids is 4. The fourth-order valence-corrected chi connectivity index (χ4v) is 2.24. The number of rotatable bonds is 8. The highest BCUT2D eigenvalue weighted by molar-refractivity contribution is 6.12. The first kappa shape index (κ1) is 21.1. The third-order valence-electron chi connectivity index (χ3n) is 3.31. The predicted octanol–water partition coefficient (Wildman–Crippen LogP) is 1.54. The standard InChI is InChI=1S/C18H24N2O6/c1-5-19-15(21)11-9-13(17(23)25-7-3)14(18(24)26-8-4)10-12(11)16(22)20-6-2/h9-10H,5-8H2,1-4H3,(H,19,21)(H,20,22). The second-order valence-corrected chi connectivity index (χ2v) is 5.10. The minimum absolute atomic E-state index is 0.0195. The van der Waals surface area contributed by atoms with E-state index in [1.165, 1.54) is 12.1 Å². The van der Waals surface area contributed by atoms with E-state index >= 15 is 0 Å². The van der Waals surface area contributed by atoms with Gasteiger partial charge in [0.1, 0.15) is 0 Å². The van der Waals surface area contributed by atoms with E-state index in [0.29, 0.717) is 13.1 Å². The molecule has 8 heteroatoms. The maximum Gasteiger partial charge on any atom is 0.339 e. The fraction of sp³-hybridized carbons (Fsp3) is 0.444. The molecule has 0 aliphatic carbocycles. The molecule has 1 aromatic carbocycles. The highest BCUT2D eigenvalue weighted by Gasteiger charge is 2.26. The van der Waals surface area contributed by atoms with Crippen LogP contribution in [0.2, 0.25) is 0 Å². The van der Waals surface area contributed by atoms with E-state index < -0.39 is 23.8 Å². The average molecular weight is 364 g/mol. The summed E-state index contributed by atoms with van der Waals surface area (Å²) in [5.41, 5.74) is -0.290. The lowest BCUT2D eigenvalue weighted by atomic mass is 9.96. The molecule has 2 amide bonds. The molecule has 0 fully saturated rings. The van der Waals surface area contributed by atoms with Crippen molar-refractivity contribution in [3.05, 3.63) is 34.4 Å². The van der Waals surface area contributed by atoms with Gasteiger partial charge in [0.2, 0.25) is 0 Å². The predicted molar refractivity (Wildman–Crippen MR) is 94.4 cm³/mol. The van der Waals surface area contributed by atoms with Gasteiger partial charge in [0, 0.05) is 13.1 Å². The number of hydrogen-bond donors (Lipinski definition) is 2. The molecule has 8 nitrogen and oxygen atoms in total. The number of nitrogens with one attached hydrogen (secondary N) is 2. The van der Waals surface area contributed by atoms with Crippen LogP contribution < -0.4 is 10.6 Å².